The molecule has 0 saturated heterocycles. The number of para-hydroxylation sites is 1. The summed E-state index contributed by atoms with van der Waals surface area (Å²) in [5.74, 6) is 0.656. The molecule has 0 spiro atoms. The largest absolute Gasteiger partial charge is 0.458 e. The smallest absolute Gasteiger partial charge is 0.137 e. The van der Waals surface area contributed by atoms with Gasteiger partial charge in [-0.15, -0.1) is 0 Å². The lowest BCUT2D eigenvalue weighted by atomic mass is 10.1. The predicted molar refractivity (Wildman–Crippen MR) is 59.7 cm³/mol. The van der Waals surface area contributed by atoms with Gasteiger partial charge in [0.1, 0.15) is 17.4 Å². The molecule has 0 aliphatic carbocycles. The first kappa shape index (κ1) is 9.74. The van der Waals surface area contributed by atoms with Crippen molar-refractivity contribution in [3.8, 4) is 0 Å². The molecule has 0 unspecified atom stereocenters. The van der Waals surface area contributed by atoms with E-state index in [1.807, 2.05) is 31.2 Å². The number of aryl methyl sites for hydroxylation is 1. The Labute approximate surface area is 90.7 Å². The SMILES string of the molecule is Cc1c([C@H](O)CBr)oc2ccccc12. The predicted octanol–water partition coefficient (Wildman–Crippen LogP) is 3.17. The number of halogens is 1. The molecule has 1 aromatic carbocycles. The van der Waals surface area contributed by atoms with Crippen LogP contribution < -0.4 is 0 Å². The van der Waals surface area contributed by atoms with Crippen molar-refractivity contribution in [3.63, 3.8) is 0 Å². The number of hydrogen-bond acceptors (Lipinski definition) is 2. The molecular formula is C11H11BrO2. The van der Waals surface area contributed by atoms with E-state index in [2.05, 4.69) is 15.9 Å². The Kier molecular flexibility index (Phi) is 2.61. The molecule has 0 bridgehead atoms. The first-order valence-electron chi connectivity index (χ1n) is 4.46. The van der Waals surface area contributed by atoms with Crippen molar-refractivity contribution in [2.75, 3.05) is 5.33 Å². The number of rotatable bonds is 2. The quantitative estimate of drug-likeness (QED) is 0.836. The van der Waals surface area contributed by atoms with Crippen LogP contribution in [-0.4, -0.2) is 10.4 Å². The third-order valence-corrected chi connectivity index (χ3v) is 2.94. The minimum absolute atomic E-state index is 0.494. The van der Waals surface area contributed by atoms with Crippen molar-refractivity contribution in [2.45, 2.75) is 13.0 Å². The first-order valence-corrected chi connectivity index (χ1v) is 5.58. The third-order valence-electron chi connectivity index (χ3n) is 2.33. The molecule has 0 radical (unpaired) electrons. The highest BCUT2D eigenvalue weighted by atomic mass is 79.9. The van der Waals surface area contributed by atoms with Gasteiger partial charge in [0, 0.05) is 16.3 Å². The second kappa shape index (κ2) is 3.75. The molecule has 2 nitrogen and oxygen atoms in total. The van der Waals surface area contributed by atoms with Crippen molar-refractivity contribution >= 4 is 26.9 Å². The topological polar surface area (TPSA) is 33.4 Å². The Morgan fingerprint density at radius 3 is 2.79 bits per heavy atom. The number of aliphatic hydroxyl groups excluding tert-OH is 1. The Bertz CT molecular complexity index is 447. The van der Waals surface area contributed by atoms with Crippen molar-refractivity contribution in [1.29, 1.82) is 0 Å². The van der Waals surface area contributed by atoms with E-state index >= 15 is 0 Å². The fraction of sp³-hybridized carbons (Fsp3) is 0.273. The second-order valence-electron chi connectivity index (χ2n) is 3.26. The standard InChI is InChI=1S/C11H11BrO2/c1-7-8-4-2-3-5-10(8)14-11(7)9(13)6-12/h2-5,9,13H,6H2,1H3/t9-/m1/s1. The van der Waals surface area contributed by atoms with E-state index in [0.29, 0.717) is 11.1 Å². The van der Waals surface area contributed by atoms with E-state index in [9.17, 15) is 5.11 Å². The van der Waals surface area contributed by atoms with Crippen LogP contribution in [0.1, 0.15) is 17.4 Å². The van der Waals surface area contributed by atoms with Crippen LogP contribution in [0.4, 0.5) is 0 Å². The molecule has 0 fully saturated rings. The average Bonchev–Trinajstić information content (AvgIpc) is 2.56. The zero-order valence-corrected chi connectivity index (χ0v) is 9.41. The highest BCUT2D eigenvalue weighted by Crippen LogP contribution is 2.29. The lowest BCUT2D eigenvalue weighted by molar-refractivity contribution is 0.177. The molecule has 2 aromatic rings. The Balaban J connectivity index is 2.62. The summed E-state index contributed by atoms with van der Waals surface area (Å²) in [6.07, 6.45) is -0.567. The van der Waals surface area contributed by atoms with Gasteiger partial charge in [0.05, 0.1) is 0 Å². The van der Waals surface area contributed by atoms with Gasteiger partial charge in [0.25, 0.3) is 0 Å². The summed E-state index contributed by atoms with van der Waals surface area (Å²) in [6.45, 7) is 1.97. The first-order chi connectivity index (χ1) is 6.74. The molecule has 3 heteroatoms. The van der Waals surface area contributed by atoms with Gasteiger partial charge in [-0.1, -0.05) is 34.1 Å². The normalized spacial score (nSPS) is 13.4. The van der Waals surface area contributed by atoms with Gasteiger partial charge >= 0.3 is 0 Å². The fourth-order valence-electron chi connectivity index (χ4n) is 1.58. The number of aliphatic hydroxyl groups is 1. The summed E-state index contributed by atoms with van der Waals surface area (Å²) >= 11 is 3.23. The Morgan fingerprint density at radius 1 is 1.43 bits per heavy atom. The molecule has 1 N–H and O–H groups in total. The molecule has 1 heterocycles. The average molecular weight is 255 g/mol. The molecule has 2 rings (SSSR count). The molecule has 0 aliphatic rings. The molecule has 0 saturated carbocycles. The zero-order valence-electron chi connectivity index (χ0n) is 7.83. The number of fused-ring (bicyclic) bond motifs is 1. The van der Waals surface area contributed by atoms with Crippen LogP contribution in [0.5, 0.6) is 0 Å². The van der Waals surface area contributed by atoms with Crippen LogP contribution >= 0.6 is 15.9 Å². The van der Waals surface area contributed by atoms with Gasteiger partial charge in [-0.05, 0) is 13.0 Å². The molecule has 0 amide bonds. The van der Waals surface area contributed by atoms with Gasteiger partial charge in [-0.25, -0.2) is 0 Å². The zero-order chi connectivity index (χ0) is 10.1. The highest BCUT2D eigenvalue weighted by Gasteiger charge is 2.16. The summed E-state index contributed by atoms with van der Waals surface area (Å²) in [6, 6.07) is 7.80. The molecule has 14 heavy (non-hydrogen) atoms. The van der Waals surface area contributed by atoms with Crippen LogP contribution in [0.25, 0.3) is 11.0 Å². The van der Waals surface area contributed by atoms with E-state index < -0.39 is 6.10 Å². The van der Waals surface area contributed by atoms with E-state index in [-0.39, 0.29) is 0 Å². The number of alkyl halides is 1. The lowest BCUT2D eigenvalue weighted by Gasteiger charge is -2.02. The minimum atomic E-state index is -0.567. The van der Waals surface area contributed by atoms with E-state index in [1.165, 1.54) is 0 Å². The van der Waals surface area contributed by atoms with Gasteiger partial charge in [-0.3, -0.25) is 0 Å². The van der Waals surface area contributed by atoms with E-state index in [0.717, 1.165) is 16.5 Å². The molecule has 74 valence electrons. The summed E-state index contributed by atoms with van der Waals surface area (Å²) in [5, 5.41) is 11.2. The van der Waals surface area contributed by atoms with Crippen molar-refractivity contribution in [1.82, 2.24) is 0 Å². The van der Waals surface area contributed by atoms with Gasteiger partial charge in [0.2, 0.25) is 0 Å². The van der Waals surface area contributed by atoms with Crippen molar-refractivity contribution in [3.05, 3.63) is 35.6 Å². The maximum absolute atomic E-state index is 9.67. The van der Waals surface area contributed by atoms with Gasteiger partial charge in [-0.2, -0.15) is 0 Å². The van der Waals surface area contributed by atoms with Gasteiger partial charge < -0.3 is 9.52 Å². The van der Waals surface area contributed by atoms with E-state index in [4.69, 9.17) is 4.42 Å². The third kappa shape index (κ3) is 1.47. The highest BCUT2D eigenvalue weighted by molar-refractivity contribution is 9.09. The van der Waals surface area contributed by atoms with Gasteiger partial charge in [0.15, 0.2) is 0 Å². The molecule has 1 atom stereocenters. The Morgan fingerprint density at radius 2 is 2.14 bits per heavy atom. The molecule has 0 aliphatic heterocycles. The monoisotopic (exact) mass is 254 g/mol. The van der Waals surface area contributed by atoms with Crippen LogP contribution in [-0.2, 0) is 0 Å². The van der Waals surface area contributed by atoms with Crippen LogP contribution in [0, 0.1) is 6.92 Å². The maximum Gasteiger partial charge on any atom is 0.137 e. The lowest BCUT2D eigenvalue weighted by Crippen LogP contribution is -1.97. The van der Waals surface area contributed by atoms with Crippen LogP contribution in [0.2, 0.25) is 0 Å². The van der Waals surface area contributed by atoms with E-state index in [1.54, 1.807) is 0 Å². The molecular weight excluding hydrogens is 244 g/mol. The summed E-state index contributed by atoms with van der Waals surface area (Å²) in [4.78, 5) is 0. The maximum atomic E-state index is 9.67. The second-order valence-corrected chi connectivity index (χ2v) is 3.91. The van der Waals surface area contributed by atoms with Crippen LogP contribution in [0.3, 0.4) is 0 Å². The summed E-state index contributed by atoms with van der Waals surface area (Å²) in [5.41, 5.74) is 1.85. The van der Waals surface area contributed by atoms with Crippen LogP contribution in [0.15, 0.2) is 28.7 Å². The number of hydrogen-bond donors (Lipinski definition) is 1. The number of benzene rings is 1. The molecule has 1 aromatic heterocycles. The fourth-order valence-corrected chi connectivity index (χ4v) is 1.88. The Hall–Kier alpha value is -0.800. The number of furan rings is 1. The summed E-state index contributed by atoms with van der Waals surface area (Å²) in [7, 11) is 0. The minimum Gasteiger partial charge on any atom is -0.458 e. The van der Waals surface area contributed by atoms with Crippen molar-refractivity contribution < 1.29 is 9.52 Å². The van der Waals surface area contributed by atoms with Crippen molar-refractivity contribution in [2.24, 2.45) is 0 Å². The summed E-state index contributed by atoms with van der Waals surface area (Å²) < 4.78 is 5.57.